The van der Waals surface area contributed by atoms with Crippen molar-refractivity contribution in [2.24, 2.45) is 0 Å². The molecular formula is C6H9MoN3O5S2. The number of ether oxygens (including phenoxy) is 1. The normalized spacial score (nSPS) is 14.8. The van der Waals surface area contributed by atoms with Crippen molar-refractivity contribution in [2.45, 2.75) is 0 Å². The van der Waals surface area contributed by atoms with Crippen LogP contribution in [0.3, 0.4) is 0 Å². The van der Waals surface area contributed by atoms with Gasteiger partial charge in [0, 0.05) is 13.1 Å². The van der Waals surface area contributed by atoms with Gasteiger partial charge in [-0.2, -0.15) is 5.01 Å². The standard InChI is InChI=1S/C6H11N3O3S2.Mo.2O/c10-5(11)7-9(6(13)14)8-1-3-12-4-2-8;;;/h7H,1-4H2,(H,10,11)(H,13,14);;;/q;+2;;/p-2. The molecule has 1 fully saturated rings. The van der Waals surface area contributed by atoms with Gasteiger partial charge in [0.1, 0.15) is 0 Å². The number of amides is 1. The molecule has 1 aliphatic rings. The molecule has 0 spiro atoms. The summed E-state index contributed by atoms with van der Waals surface area (Å²) in [7, 11) is 0. The molecule has 0 unspecified atom stereocenters. The molecule has 0 bridgehead atoms. The predicted molar refractivity (Wildman–Crippen MR) is 54.1 cm³/mol. The molecule has 96 valence electrons. The Kier molecular flexibility index (Phi) is 9.37. The van der Waals surface area contributed by atoms with Crippen LogP contribution in [0, 0.1) is 0 Å². The minimum atomic E-state index is -2.03. The van der Waals surface area contributed by atoms with Crippen LogP contribution in [0.25, 0.3) is 0 Å². The van der Waals surface area contributed by atoms with E-state index in [1.807, 2.05) is 5.43 Å². The number of thiocarbonyl (C=S) groups is 1. The van der Waals surface area contributed by atoms with Gasteiger partial charge in [0.05, 0.1) is 13.2 Å². The second-order valence-corrected chi connectivity index (χ2v) is 3.98. The topological polar surface area (TPSA) is 102 Å². The van der Waals surface area contributed by atoms with Gasteiger partial charge in [-0.25, -0.2) is 5.12 Å². The number of carbonyl (C=O) groups excluding carboxylic acids is 1. The molecule has 1 heterocycles. The van der Waals surface area contributed by atoms with Crippen LogP contribution in [0.4, 0.5) is 4.79 Å². The average Bonchev–Trinajstić information content (AvgIpc) is 2.27. The molecule has 1 aliphatic heterocycles. The van der Waals surface area contributed by atoms with E-state index in [0.29, 0.717) is 26.3 Å². The van der Waals surface area contributed by atoms with Gasteiger partial charge in [0.25, 0.3) is 0 Å². The summed E-state index contributed by atoms with van der Waals surface area (Å²) >= 11 is 7.41. The first kappa shape index (κ1) is 16.6. The average molecular weight is 363 g/mol. The number of nitrogens with one attached hydrogen (secondary N) is 1. The Morgan fingerprint density at radius 2 is 1.94 bits per heavy atom. The SMILES string of the molecule is O=C([O-])NN(C(=S)[S-])N1CCOCC1.[O]=[Mo+2]=[O]. The summed E-state index contributed by atoms with van der Waals surface area (Å²) in [4.78, 5) is 10.3. The van der Waals surface area contributed by atoms with Crippen LogP contribution in [-0.4, -0.2) is 46.8 Å². The minimum absolute atomic E-state index is 0.0103. The first-order chi connectivity index (χ1) is 8.02. The van der Waals surface area contributed by atoms with Crippen molar-refractivity contribution in [1.29, 1.82) is 0 Å². The quantitative estimate of drug-likeness (QED) is 0.245. The maximum atomic E-state index is 10.3. The Labute approximate surface area is 117 Å². The number of rotatable bonds is 1. The Bertz CT molecular complexity index is 306. The number of nitrogens with zero attached hydrogens (tertiary/aromatic N) is 2. The number of morpholine rings is 1. The van der Waals surface area contributed by atoms with E-state index in [9.17, 15) is 9.90 Å². The number of hydrogen-bond donors (Lipinski definition) is 1. The fourth-order valence-electron chi connectivity index (χ4n) is 1.07. The monoisotopic (exact) mass is 365 g/mol. The molecule has 0 aromatic heterocycles. The van der Waals surface area contributed by atoms with Crippen LogP contribution in [0.15, 0.2) is 0 Å². The first-order valence-electron chi connectivity index (χ1n) is 4.26. The molecule has 0 aromatic rings. The summed E-state index contributed by atoms with van der Waals surface area (Å²) in [5.41, 5.74) is 2.01. The summed E-state index contributed by atoms with van der Waals surface area (Å²) < 4.78 is 22.1. The van der Waals surface area contributed by atoms with Gasteiger partial charge in [-0.15, -0.1) is 0 Å². The van der Waals surface area contributed by atoms with E-state index in [1.165, 1.54) is 0 Å². The Morgan fingerprint density at radius 3 is 2.29 bits per heavy atom. The molecular weight excluding hydrogens is 354 g/mol. The second kappa shape index (κ2) is 9.60. The predicted octanol–water partition coefficient (Wildman–Crippen LogP) is -2.02. The number of carbonyl (C=O) groups is 1. The zero-order chi connectivity index (χ0) is 13.3. The van der Waals surface area contributed by atoms with E-state index in [4.69, 9.17) is 36.4 Å². The molecule has 11 heteroatoms. The third kappa shape index (κ3) is 7.50. The van der Waals surface area contributed by atoms with Gasteiger partial charge < -0.3 is 39.5 Å². The van der Waals surface area contributed by atoms with Crippen LogP contribution in [0.1, 0.15) is 0 Å². The van der Waals surface area contributed by atoms with Gasteiger partial charge in [-0.05, 0) is 4.32 Å². The van der Waals surface area contributed by atoms with Crippen LogP contribution in [0.5, 0.6) is 0 Å². The molecule has 0 saturated carbocycles. The van der Waals surface area contributed by atoms with Crippen molar-refractivity contribution >= 4 is 35.3 Å². The van der Waals surface area contributed by atoms with Crippen molar-refractivity contribution in [1.82, 2.24) is 15.6 Å². The van der Waals surface area contributed by atoms with E-state index in [2.05, 4.69) is 0 Å². The Balaban J connectivity index is 0.000000770. The van der Waals surface area contributed by atoms with E-state index < -0.39 is 24.6 Å². The molecule has 8 nitrogen and oxygen atoms in total. The third-order valence-electron chi connectivity index (χ3n) is 1.64. The van der Waals surface area contributed by atoms with Crippen molar-refractivity contribution < 1.29 is 39.9 Å². The van der Waals surface area contributed by atoms with Crippen molar-refractivity contribution in [2.75, 3.05) is 26.3 Å². The van der Waals surface area contributed by atoms with E-state index >= 15 is 0 Å². The zero-order valence-corrected chi connectivity index (χ0v) is 12.1. The van der Waals surface area contributed by atoms with Crippen molar-refractivity contribution in [3.8, 4) is 0 Å². The molecule has 1 N–H and O–H groups in total. The fraction of sp³-hybridized carbons (Fsp3) is 0.667. The molecule has 1 saturated heterocycles. The van der Waals surface area contributed by atoms with Gasteiger partial charge >= 0.3 is 25.3 Å². The van der Waals surface area contributed by atoms with Gasteiger partial charge in [-0.1, -0.05) is 0 Å². The third-order valence-corrected chi connectivity index (χ3v) is 1.99. The molecule has 0 aliphatic carbocycles. The van der Waals surface area contributed by atoms with Crippen molar-refractivity contribution in [3.63, 3.8) is 0 Å². The second-order valence-electron chi connectivity index (χ2n) is 2.61. The molecule has 1 rings (SSSR count). The van der Waals surface area contributed by atoms with Crippen LogP contribution < -0.4 is 10.5 Å². The Morgan fingerprint density at radius 1 is 1.47 bits per heavy atom. The van der Waals surface area contributed by atoms with E-state index in [0.717, 1.165) is 5.12 Å². The molecule has 0 radical (unpaired) electrons. The fourth-order valence-corrected chi connectivity index (χ4v) is 1.39. The summed E-state index contributed by atoms with van der Waals surface area (Å²) in [6, 6.07) is 0. The Hall–Kier alpha value is -0.412. The van der Waals surface area contributed by atoms with Crippen LogP contribution in [0.2, 0.25) is 0 Å². The van der Waals surface area contributed by atoms with E-state index in [1.54, 1.807) is 5.01 Å². The molecule has 1 amide bonds. The summed E-state index contributed by atoms with van der Waals surface area (Å²) in [6.45, 7) is 2.11. The summed E-state index contributed by atoms with van der Waals surface area (Å²) in [5, 5.41) is 13.1. The molecule has 0 aromatic carbocycles. The number of hydrazine groups is 2. The number of carboxylic acid groups (broad SMARTS) is 1. The van der Waals surface area contributed by atoms with Gasteiger partial charge in [0.2, 0.25) is 0 Å². The molecule has 17 heavy (non-hydrogen) atoms. The van der Waals surface area contributed by atoms with Gasteiger partial charge in [0.15, 0.2) is 6.09 Å². The van der Waals surface area contributed by atoms with Gasteiger partial charge in [-0.3, -0.25) is 5.43 Å². The van der Waals surface area contributed by atoms with Crippen LogP contribution in [-0.2, 0) is 42.7 Å². The van der Waals surface area contributed by atoms with Crippen LogP contribution >= 0.6 is 12.2 Å². The molecule has 0 atom stereocenters. The number of hydrogen-bond acceptors (Lipinski definition) is 8. The maximum absolute atomic E-state index is 10.3. The first-order valence-corrected chi connectivity index (χ1v) is 6.71. The summed E-state index contributed by atoms with van der Waals surface area (Å²) in [5.74, 6) is 0. The zero-order valence-electron chi connectivity index (χ0n) is 8.49. The summed E-state index contributed by atoms with van der Waals surface area (Å²) in [6.07, 6.45) is -1.44. The van der Waals surface area contributed by atoms with E-state index in [-0.39, 0.29) is 4.32 Å². The van der Waals surface area contributed by atoms with Crippen molar-refractivity contribution in [3.05, 3.63) is 0 Å².